The molecular weight excluding hydrogens is 196 g/mol. The van der Waals surface area contributed by atoms with Crippen LogP contribution in [0.2, 0.25) is 0 Å². The van der Waals surface area contributed by atoms with Gasteiger partial charge < -0.3 is 10.1 Å². The van der Waals surface area contributed by atoms with Crippen LogP contribution in [-0.2, 0) is 6.42 Å². The number of hydrogen-bond acceptors (Lipinski definition) is 2. The van der Waals surface area contributed by atoms with Crippen molar-refractivity contribution >= 4 is 17.1 Å². The summed E-state index contributed by atoms with van der Waals surface area (Å²) < 4.78 is 0.717. The monoisotopic (exact) mass is 206 g/mol. The molecule has 15 heavy (non-hydrogen) atoms. The van der Waals surface area contributed by atoms with Crippen LogP contribution in [0.15, 0.2) is 23.0 Å². The van der Waals surface area contributed by atoms with Crippen LogP contribution in [0, 0.1) is 0 Å². The first-order chi connectivity index (χ1) is 7.15. The van der Waals surface area contributed by atoms with Crippen LogP contribution in [0.3, 0.4) is 0 Å². The summed E-state index contributed by atoms with van der Waals surface area (Å²) in [5, 5.41) is 8.86. The van der Waals surface area contributed by atoms with E-state index in [2.05, 4.69) is 4.98 Å². The van der Waals surface area contributed by atoms with E-state index in [1.165, 1.54) is 0 Å². The zero-order valence-electron chi connectivity index (χ0n) is 8.15. The van der Waals surface area contributed by atoms with Gasteiger partial charge in [-0.05, 0) is 18.1 Å². The normalized spacial score (nSPS) is 10.7. The number of aryl methyl sites for hydroxylation is 1. The second kappa shape index (κ2) is 3.27. The average Bonchev–Trinajstić information content (AvgIpc) is 2.53. The number of para-hydroxylation sites is 1. The Hall–Kier alpha value is -2.04. The van der Waals surface area contributed by atoms with Gasteiger partial charge in [0.2, 0.25) is 0 Å². The lowest BCUT2D eigenvalue weighted by atomic mass is 10.1. The Kier molecular flexibility index (Phi) is 2.07. The molecule has 0 bridgehead atoms. The van der Waals surface area contributed by atoms with E-state index in [9.17, 15) is 9.59 Å². The molecule has 0 fully saturated rings. The molecule has 78 valence electrons. The van der Waals surface area contributed by atoms with Crippen molar-refractivity contribution in [2.24, 2.45) is 0 Å². The minimum Gasteiger partial charge on any atom is -0.464 e. The van der Waals surface area contributed by atoms with Crippen LogP contribution in [0.4, 0.5) is 4.79 Å². The molecular formula is C10H10N2O3. The summed E-state index contributed by atoms with van der Waals surface area (Å²) in [4.78, 5) is 24.8. The van der Waals surface area contributed by atoms with E-state index in [1.54, 1.807) is 12.1 Å². The SMILES string of the molecule is CCc1cccc2c1[nH]c(=O)n2C(=O)O. The zero-order chi connectivity index (χ0) is 11.0. The lowest BCUT2D eigenvalue weighted by Gasteiger charge is -1.98. The van der Waals surface area contributed by atoms with Gasteiger partial charge in [0.25, 0.3) is 0 Å². The molecule has 2 rings (SSSR count). The highest BCUT2D eigenvalue weighted by molar-refractivity contribution is 5.87. The Bertz CT molecular complexity index is 580. The molecule has 2 N–H and O–H groups in total. The summed E-state index contributed by atoms with van der Waals surface area (Å²) in [7, 11) is 0. The second-order valence-electron chi connectivity index (χ2n) is 3.21. The summed E-state index contributed by atoms with van der Waals surface area (Å²) in [5.41, 5.74) is 1.34. The van der Waals surface area contributed by atoms with Crippen LogP contribution >= 0.6 is 0 Å². The number of benzene rings is 1. The highest BCUT2D eigenvalue weighted by Crippen LogP contribution is 2.15. The van der Waals surface area contributed by atoms with Crippen LogP contribution in [-0.4, -0.2) is 20.8 Å². The number of aromatic nitrogens is 2. The summed E-state index contributed by atoms with van der Waals surface area (Å²) in [6, 6.07) is 5.22. The molecule has 0 aliphatic rings. The van der Waals surface area contributed by atoms with Crippen LogP contribution in [0.25, 0.3) is 11.0 Å². The first-order valence-electron chi connectivity index (χ1n) is 4.61. The molecule has 5 nitrogen and oxygen atoms in total. The third kappa shape index (κ3) is 1.32. The Morgan fingerprint density at radius 1 is 1.53 bits per heavy atom. The minimum atomic E-state index is -1.26. The fourth-order valence-electron chi connectivity index (χ4n) is 1.67. The summed E-state index contributed by atoms with van der Waals surface area (Å²) in [5.74, 6) is 0. The van der Waals surface area contributed by atoms with Gasteiger partial charge in [0.15, 0.2) is 0 Å². The summed E-state index contributed by atoms with van der Waals surface area (Å²) >= 11 is 0. The van der Waals surface area contributed by atoms with Crippen molar-refractivity contribution in [3.05, 3.63) is 34.2 Å². The molecule has 0 saturated carbocycles. The van der Waals surface area contributed by atoms with E-state index in [1.807, 2.05) is 13.0 Å². The molecule has 2 aromatic rings. The number of aromatic amines is 1. The van der Waals surface area contributed by atoms with Crippen molar-refractivity contribution < 1.29 is 9.90 Å². The Morgan fingerprint density at radius 2 is 2.27 bits per heavy atom. The molecule has 1 aromatic heterocycles. The van der Waals surface area contributed by atoms with E-state index in [0.29, 0.717) is 15.6 Å². The first kappa shape index (κ1) is 9.51. The molecule has 0 aliphatic heterocycles. The van der Waals surface area contributed by atoms with Gasteiger partial charge >= 0.3 is 11.8 Å². The van der Waals surface area contributed by atoms with Gasteiger partial charge in [0.1, 0.15) is 0 Å². The Labute approximate surface area is 85.0 Å². The molecule has 0 amide bonds. The number of hydrogen-bond donors (Lipinski definition) is 2. The third-order valence-electron chi connectivity index (χ3n) is 2.38. The van der Waals surface area contributed by atoms with Crippen molar-refractivity contribution in [2.45, 2.75) is 13.3 Å². The number of nitrogens with one attached hydrogen (secondary N) is 1. The maximum Gasteiger partial charge on any atom is 0.420 e. The van der Waals surface area contributed by atoms with Crippen LogP contribution in [0.5, 0.6) is 0 Å². The maximum absolute atomic E-state index is 11.4. The van der Waals surface area contributed by atoms with Crippen molar-refractivity contribution in [3.63, 3.8) is 0 Å². The average molecular weight is 206 g/mol. The third-order valence-corrected chi connectivity index (χ3v) is 2.38. The Balaban J connectivity index is 2.90. The number of nitrogens with zero attached hydrogens (tertiary/aromatic N) is 1. The first-order valence-corrected chi connectivity index (χ1v) is 4.61. The van der Waals surface area contributed by atoms with Gasteiger partial charge in [-0.3, -0.25) is 0 Å². The fourth-order valence-corrected chi connectivity index (χ4v) is 1.67. The van der Waals surface area contributed by atoms with Crippen LogP contribution < -0.4 is 5.69 Å². The number of carboxylic acid groups (broad SMARTS) is 1. The summed E-state index contributed by atoms with van der Waals surface area (Å²) in [6.07, 6.45) is -0.517. The van der Waals surface area contributed by atoms with Gasteiger partial charge in [-0.1, -0.05) is 19.1 Å². The van der Waals surface area contributed by atoms with Gasteiger partial charge in [0, 0.05) is 0 Å². The summed E-state index contributed by atoms with van der Waals surface area (Å²) in [6.45, 7) is 1.95. The van der Waals surface area contributed by atoms with Crippen molar-refractivity contribution in [2.75, 3.05) is 0 Å². The van der Waals surface area contributed by atoms with E-state index >= 15 is 0 Å². The van der Waals surface area contributed by atoms with Crippen molar-refractivity contribution in [1.82, 2.24) is 9.55 Å². The lowest BCUT2D eigenvalue weighted by molar-refractivity contribution is 0.196. The van der Waals surface area contributed by atoms with Gasteiger partial charge in [-0.15, -0.1) is 0 Å². The van der Waals surface area contributed by atoms with Crippen LogP contribution in [0.1, 0.15) is 12.5 Å². The van der Waals surface area contributed by atoms with Gasteiger partial charge in [0.05, 0.1) is 11.0 Å². The molecule has 1 heterocycles. The standard InChI is InChI=1S/C10H10N2O3/c1-2-6-4-3-5-7-8(6)11-9(13)12(7)10(14)15/h3-5H,2H2,1H3,(H,11,13)(H,14,15). The molecule has 0 atom stereocenters. The highest BCUT2D eigenvalue weighted by atomic mass is 16.4. The minimum absolute atomic E-state index is 0.409. The number of imidazole rings is 1. The largest absolute Gasteiger partial charge is 0.464 e. The lowest BCUT2D eigenvalue weighted by Crippen LogP contribution is -2.22. The smallest absolute Gasteiger partial charge is 0.420 e. The fraction of sp³-hybridized carbons (Fsp3) is 0.200. The van der Waals surface area contributed by atoms with E-state index < -0.39 is 11.8 Å². The van der Waals surface area contributed by atoms with E-state index in [0.717, 1.165) is 12.0 Å². The second-order valence-corrected chi connectivity index (χ2v) is 3.21. The maximum atomic E-state index is 11.4. The van der Waals surface area contributed by atoms with E-state index in [-0.39, 0.29) is 0 Å². The number of fused-ring (bicyclic) bond motifs is 1. The molecule has 5 heteroatoms. The molecule has 0 aliphatic carbocycles. The van der Waals surface area contributed by atoms with Gasteiger partial charge in [-0.2, -0.15) is 4.57 Å². The van der Waals surface area contributed by atoms with E-state index in [4.69, 9.17) is 5.11 Å². The van der Waals surface area contributed by atoms with Crippen molar-refractivity contribution in [1.29, 1.82) is 0 Å². The molecule has 0 radical (unpaired) electrons. The van der Waals surface area contributed by atoms with Gasteiger partial charge in [-0.25, -0.2) is 9.59 Å². The number of rotatable bonds is 1. The molecule has 1 aromatic carbocycles. The molecule has 0 saturated heterocycles. The van der Waals surface area contributed by atoms with Crippen molar-refractivity contribution in [3.8, 4) is 0 Å². The predicted molar refractivity (Wildman–Crippen MR) is 55.4 cm³/mol. The topological polar surface area (TPSA) is 75.1 Å². The number of H-pyrrole nitrogens is 1. The highest BCUT2D eigenvalue weighted by Gasteiger charge is 2.13. The molecule has 0 spiro atoms. The quantitative estimate of drug-likeness (QED) is 0.740. The predicted octanol–water partition coefficient (Wildman–Crippen LogP) is 1.42. The Morgan fingerprint density at radius 3 is 2.87 bits per heavy atom. The number of carbonyl (C=O) groups is 1. The molecule has 0 unspecified atom stereocenters. The zero-order valence-corrected chi connectivity index (χ0v) is 8.15.